The van der Waals surface area contributed by atoms with E-state index in [2.05, 4.69) is 4.98 Å². The third-order valence-electron chi connectivity index (χ3n) is 4.61. The van der Waals surface area contributed by atoms with E-state index < -0.39 is 0 Å². The standard InChI is InChI=1S/C22H24N2O4/c1-4-11-24(22(26)15-5-7-18(27-2)8-6-15)14-17-12-16-13-19(28-3)9-10-20(16)23-21(17)25/h5-10,12-13H,4,11,14H2,1-3H3,(H,23,25). The first-order chi connectivity index (χ1) is 13.5. The Hall–Kier alpha value is -3.28. The summed E-state index contributed by atoms with van der Waals surface area (Å²) >= 11 is 0. The number of carbonyl (C=O) groups is 1. The van der Waals surface area contributed by atoms with Gasteiger partial charge in [0.2, 0.25) is 0 Å². The maximum absolute atomic E-state index is 13.0. The van der Waals surface area contributed by atoms with Gasteiger partial charge in [-0.15, -0.1) is 0 Å². The van der Waals surface area contributed by atoms with Gasteiger partial charge in [-0.1, -0.05) is 6.92 Å². The molecule has 0 aliphatic carbocycles. The Balaban J connectivity index is 1.91. The molecule has 1 amide bonds. The van der Waals surface area contributed by atoms with Crippen molar-refractivity contribution in [3.05, 3.63) is 70.0 Å². The lowest BCUT2D eigenvalue weighted by molar-refractivity contribution is 0.0742. The van der Waals surface area contributed by atoms with Crippen molar-refractivity contribution in [2.75, 3.05) is 20.8 Å². The Kier molecular flexibility index (Phi) is 5.99. The van der Waals surface area contributed by atoms with Crippen LogP contribution >= 0.6 is 0 Å². The first-order valence-corrected chi connectivity index (χ1v) is 9.19. The van der Waals surface area contributed by atoms with Crippen molar-refractivity contribution < 1.29 is 14.3 Å². The van der Waals surface area contributed by atoms with Gasteiger partial charge in [-0.25, -0.2) is 0 Å². The van der Waals surface area contributed by atoms with Crippen LogP contribution in [0.2, 0.25) is 0 Å². The lowest BCUT2D eigenvalue weighted by atomic mass is 10.1. The Labute approximate surface area is 163 Å². The zero-order valence-electron chi connectivity index (χ0n) is 16.3. The van der Waals surface area contributed by atoms with Crippen LogP contribution in [-0.2, 0) is 6.54 Å². The van der Waals surface area contributed by atoms with Gasteiger partial charge in [0.15, 0.2) is 0 Å². The van der Waals surface area contributed by atoms with Crippen LogP contribution in [0.25, 0.3) is 10.9 Å². The second-order valence-electron chi connectivity index (χ2n) is 6.53. The van der Waals surface area contributed by atoms with Crippen LogP contribution in [0.3, 0.4) is 0 Å². The Morgan fingerprint density at radius 3 is 2.32 bits per heavy atom. The number of nitrogens with one attached hydrogen (secondary N) is 1. The average Bonchev–Trinajstić information content (AvgIpc) is 2.73. The molecule has 3 rings (SSSR count). The van der Waals surface area contributed by atoms with Gasteiger partial charge in [-0.3, -0.25) is 9.59 Å². The fourth-order valence-electron chi connectivity index (χ4n) is 3.12. The third-order valence-corrected chi connectivity index (χ3v) is 4.61. The van der Waals surface area contributed by atoms with Crippen LogP contribution in [0.5, 0.6) is 11.5 Å². The fraction of sp³-hybridized carbons (Fsp3) is 0.273. The molecule has 0 saturated heterocycles. The van der Waals surface area contributed by atoms with E-state index in [4.69, 9.17) is 9.47 Å². The Morgan fingerprint density at radius 1 is 1.00 bits per heavy atom. The molecule has 28 heavy (non-hydrogen) atoms. The van der Waals surface area contributed by atoms with Gasteiger partial charge < -0.3 is 19.4 Å². The van der Waals surface area contributed by atoms with Crippen LogP contribution < -0.4 is 15.0 Å². The Bertz CT molecular complexity index is 1020. The molecule has 0 saturated carbocycles. The molecular formula is C22H24N2O4. The monoisotopic (exact) mass is 380 g/mol. The van der Waals surface area contributed by atoms with Crippen molar-refractivity contribution in [3.63, 3.8) is 0 Å². The smallest absolute Gasteiger partial charge is 0.254 e. The number of aromatic nitrogens is 1. The molecule has 6 nitrogen and oxygen atoms in total. The largest absolute Gasteiger partial charge is 0.497 e. The van der Waals surface area contributed by atoms with E-state index in [9.17, 15) is 9.59 Å². The highest BCUT2D eigenvalue weighted by atomic mass is 16.5. The van der Waals surface area contributed by atoms with Crippen molar-refractivity contribution in [3.8, 4) is 11.5 Å². The van der Waals surface area contributed by atoms with E-state index >= 15 is 0 Å². The van der Waals surface area contributed by atoms with Gasteiger partial charge in [0.1, 0.15) is 11.5 Å². The van der Waals surface area contributed by atoms with Gasteiger partial charge in [0.25, 0.3) is 11.5 Å². The number of carbonyl (C=O) groups excluding carboxylic acids is 1. The molecule has 1 aromatic heterocycles. The molecule has 1 heterocycles. The van der Waals surface area contributed by atoms with E-state index in [-0.39, 0.29) is 18.0 Å². The summed E-state index contributed by atoms with van der Waals surface area (Å²) in [6, 6.07) is 14.3. The minimum Gasteiger partial charge on any atom is -0.497 e. The highest BCUT2D eigenvalue weighted by Crippen LogP contribution is 2.20. The topological polar surface area (TPSA) is 71.6 Å². The second kappa shape index (κ2) is 8.61. The number of hydrogen-bond donors (Lipinski definition) is 1. The van der Waals surface area contributed by atoms with E-state index in [1.807, 2.05) is 25.1 Å². The highest BCUT2D eigenvalue weighted by Gasteiger charge is 2.17. The van der Waals surface area contributed by atoms with Crippen molar-refractivity contribution in [2.45, 2.75) is 19.9 Å². The lowest BCUT2D eigenvalue weighted by Gasteiger charge is -2.22. The van der Waals surface area contributed by atoms with Gasteiger partial charge in [0, 0.05) is 28.6 Å². The van der Waals surface area contributed by atoms with E-state index in [1.54, 1.807) is 49.5 Å². The van der Waals surface area contributed by atoms with Crippen molar-refractivity contribution in [2.24, 2.45) is 0 Å². The fourth-order valence-corrected chi connectivity index (χ4v) is 3.12. The van der Waals surface area contributed by atoms with Crippen molar-refractivity contribution in [1.82, 2.24) is 9.88 Å². The summed E-state index contributed by atoms with van der Waals surface area (Å²) < 4.78 is 10.4. The van der Waals surface area contributed by atoms with Gasteiger partial charge in [0.05, 0.1) is 20.8 Å². The maximum atomic E-state index is 13.0. The molecule has 3 aromatic rings. The minimum atomic E-state index is -0.193. The number of rotatable bonds is 7. The molecule has 0 unspecified atom stereocenters. The number of amides is 1. The quantitative estimate of drug-likeness (QED) is 0.680. The van der Waals surface area contributed by atoms with E-state index in [0.29, 0.717) is 29.2 Å². The first kappa shape index (κ1) is 19.5. The molecule has 0 aliphatic heterocycles. The summed E-state index contributed by atoms with van der Waals surface area (Å²) in [7, 11) is 3.19. The summed E-state index contributed by atoms with van der Waals surface area (Å²) in [5, 5.41) is 0.863. The zero-order chi connectivity index (χ0) is 20.1. The molecule has 2 aromatic carbocycles. The van der Waals surface area contributed by atoms with Crippen LogP contribution in [-0.4, -0.2) is 36.6 Å². The van der Waals surface area contributed by atoms with Crippen molar-refractivity contribution >= 4 is 16.8 Å². The summed E-state index contributed by atoms with van der Waals surface area (Å²) in [5.41, 5.74) is 1.64. The third kappa shape index (κ3) is 4.17. The van der Waals surface area contributed by atoms with Crippen LogP contribution in [0, 0.1) is 0 Å². The van der Waals surface area contributed by atoms with Gasteiger partial charge in [-0.2, -0.15) is 0 Å². The number of H-pyrrole nitrogens is 1. The molecular weight excluding hydrogens is 356 g/mol. The molecule has 0 spiro atoms. The zero-order valence-corrected chi connectivity index (χ0v) is 16.3. The Morgan fingerprint density at radius 2 is 1.68 bits per heavy atom. The minimum absolute atomic E-state index is 0.116. The number of benzene rings is 2. The molecule has 0 aliphatic rings. The van der Waals surface area contributed by atoms with Gasteiger partial charge >= 0.3 is 0 Å². The van der Waals surface area contributed by atoms with Crippen LogP contribution in [0.4, 0.5) is 0 Å². The van der Waals surface area contributed by atoms with Crippen molar-refractivity contribution in [1.29, 1.82) is 0 Å². The number of hydrogen-bond acceptors (Lipinski definition) is 4. The summed E-state index contributed by atoms with van der Waals surface area (Å²) in [5.74, 6) is 1.29. The van der Waals surface area contributed by atoms with Crippen LogP contribution in [0.15, 0.2) is 53.3 Å². The number of aromatic amines is 1. The predicted octanol–water partition coefficient (Wildman–Crippen LogP) is 3.60. The number of pyridine rings is 1. The normalized spacial score (nSPS) is 10.7. The number of methoxy groups -OCH3 is 2. The summed E-state index contributed by atoms with van der Waals surface area (Å²) in [6.07, 6.45) is 0.793. The highest BCUT2D eigenvalue weighted by molar-refractivity contribution is 5.94. The number of fused-ring (bicyclic) bond motifs is 1. The second-order valence-corrected chi connectivity index (χ2v) is 6.53. The average molecular weight is 380 g/mol. The first-order valence-electron chi connectivity index (χ1n) is 9.19. The lowest BCUT2D eigenvalue weighted by Crippen LogP contribution is -2.33. The molecule has 6 heteroatoms. The predicted molar refractivity (Wildman–Crippen MR) is 109 cm³/mol. The van der Waals surface area contributed by atoms with E-state index in [1.165, 1.54) is 0 Å². The van der Waals surface area contributed by atoms with Gasteiger partial charge in [-0.05, 0) is 55.0 Å². The molecule has 146 valence electrons. The maximum Gasteiger partial charge on any atom is 0.254 e. The summed E-state index contributed by atoms with van der Waals surface area (Å²) in [6.45, 7) is 2.80. The van der Waals surface area contributed by atoms with Crippen LogP contribution in [0.1, 0.15) is 29.3 Å². The molecule has 0 fully saturated rings. The molecule has 0 radical (unpaired) electrons. The molecule has 0 atom stereocenters. The molecule has 0 bridgehead atoms. The molecule has 1 N–H and O–H groups in total. The number of nitrogens with zero attached hydrogens (tertiary/aromatic N) is 1. The SMILES string of the molecule is CCCN(Cc1cc2cc(OC)ccc2[nH]c1=O)C(=O)c1ccc(OC)cc1. The van der Waals surface area contributed by atoms with E-state index in [0.717, 1.165) is 17.3 Å². The number of ether oxygens (including phenoxy) is 2. The summed E-state index contributed by atoms with van der Waals surface area (Å²) in [4.78, 5) is 30.1.